The number of anilines is 1. The molecule has 8 heteroatoms. The average molecular weight is 503 g/mol. The SMILES string of the molecule is Cc1cccc(C)c1OC[C@H]1CCCN1c1cc2c(cc1F)c(=O)c(C(=O)O)cn2-c1ccc(O)cc1. The largest absolute Gasteiger partial charge is 0.508 e. The molecule has 0 aliphatic carbocycles. The minimum Gasteiger partial charge on any atom is -0.508 e. The molecular formula is C29H27FN2O5. The molecule has 2 N–H and O–H groups in total. The van der Waals surface area contributed by atoms with Crippen molar-refractivity contribution in [3.8, 4) is 17.2 Å². The van der Waals surface area contributed by atoms with Gasteiger partial charge in [0.15, 0.2) is 0 Å². The lowest BCUT2D eigenvalue weighted by atomic mass is 10.1. The van der Waals surface area contributed by atoms with Crippen molar-refractivity contribution in [3.63, 3.8) is 0 Å². The minimum atomic E-state index is -1.40. The van der Waals surface area contributed by atoms with Crippen molar-refractivity contribution in [3.05, 3.63) is 93.5 Å². The molecule has 4 aromatic rings. The molecule has 1 aliphatic heterocycles. The van der Waals surface area contributed by atoms with E-state index in [9.17, 15) is 19.8 Å². The summed E-state index contributed by atoms with van der Waals surface area (Å²) in [6, 6.07) is 14.7. The summed E-state index contributed by atoms with van der Waals surface area (Å²) in [5, 5.41) is 19.3. The van der Waals surface area contributed by atoms with Gasteiger partial charge in [-0.15, -0.1) is 0 Å². The zero-order valence-corrected chi connectivity index (χ0v) is 20.6. The highest BCUT2D eigenvalue weighted by molar-refractivity contribution is 5.94. The predicted molar refractivity (Wildman–Crippen MR) is 140 cm³/mol. The number of phenolic OH excluding ortho intramolecular Hbond substituents is 1. The number of nitrogens with zero attached hydrogens (tertiary/aromatic N) is 2. The van der Waals surface area contributed by atoms with E-state index >= 15 is 4.39 Å². The molecule has 190 valence electrons. The van der Waals surface area contributed by atoms with Gasteiger partial charge in [0.05, 0.1) is 17.2 Å². The van der Waals surface area contributed by atoms with Crippen LogP contribution in [0.15, 0.2) is 65.6 Å². The normalized spacial score (nSPS) is 15.3. The van der Waals surface area contributed by atoms with Gasteiger partial charge in [0.25, 0.3) is 0 Å². The quantitative estimate of drug-likeness (QED) is 0.377. The molecule has 37 heavy (non-hydrogen) atoms. The highest BCUT2D eigenvalue weighted by Gasteiger charge is 2.29. The van der Waals surface area contributed by atoms with E-state index in [1.807, 2.05) is 36.9 Å². The Balaban J connectivity index is 1.59. The van der Waals surface area contributed by atoms with E-state index in [0.717, 1.165) is 35.8 Å². The third kappa shape index (κ3) is 4.50. The second kappa shape index (κ2) is 9.61. The fourth-order valence-corrected chi connectivity index (χ4v) is 5.07. The molecule has 0 amide bonds. The Morgan fingerprint density at radius 1 is 1.11 bits per heavy atom. The summed E-state index contributed by atoms with van der Waals surface area (Å²) in [5.41, 5.74) is 2.09. The number of aryl methyl sites for hydroxylation is 2. The van der Waals surface area contributed by atoms with Crippen LogP contribution in [0.2, 0.25) is 0 Å². The number of carboxylic acids is 1. The molecule has 0 bridgehead atoms. The van der Waals surface area contributed by atoms with Gasteiger partial charge in [-0.25, -0.2) is 9.18 Å². The van der Waals surface area contributed by atoms with E-state index in [0.29, 0.717) is 30.0 Å². The number of hydrogen-bond acceptors (Lipinski definition) is 5. The van der Waals surface area contributed by atoms with Crippen molar-refractivity contribution in [2.75, 3.05) is 18.1 Å². The minimum absolute atomic E-state index is 0.0308. The average Bonchev–Trinajstić information content (AvgIpc) is 3.33. The van der Waals surface area contributed by atoms with E-state index < -0.39 is 22.8 Å². The van der Waals surface area contributed by atoms with E-state index in [1.165, 1.54) is 18.3 Å². The molecule has 0 radical (unpaired) electrons. The first-order chi connectivity index (χ1) is 17.7. The van der Waals surface area contributed by atoms with E-state index in [1.54, 1.807) is 22.8 Å². The summed E-state index contributed by atoms with van der Waals surface area (Å²) in [6.45, 7) is 4.99. The summed E-state index contributed by atoms with van der Waals surface area (Å²) < 4.78 is 23.3. The summed E-state index contributed by atoms with van der Waals surface area (Å²) in [4.78, 5) is 26.7. The van der Waals surface area contributed by atoms with Crippen LogP contribution in [0, 0.1) is 19.7 Å². The van der Waals surface area contributed by atoms with Crippen LogP contribution in [0.4, 0.5) is 10.1 Å². The van der Waals surface area contributed by atoms with Crippen molar-refractivity contribution in [1.29, 1.82) is 0 Å². The molecular weight excluding hydrogens is 475 g/mol. The van der Waals surface area contributed by atoms with Crippen LogP contribution >= 0.6 is 0 Å². The molecule has 3 aromatic carbocycles. The number of pyridine rings is 1. The summed E-state index contributed by atoms with van der Waals surface area (Å²) >= 11 is 0. The number of rotatable bonds is 6. The van der Waals surface area contributed by atoms with Crippen LogP contribution in [0.3, 0.4) is 0 Å². The van der Waals surface area contributed by atoms with Gasteiger partial charge in [0, 0.05) is 23.8 Å². The van der Waals surface area contributed by atoms with Crippen LogP contribution in [0.1, 0.15) is 34.3 Å². The van der Waals surface area contributed by atoms with Crippen LogP contribution in [-0.2, 0) is 0 Å². The summed E-state index contributed by atoms with van der Waals surface area (Å²) in [6.07, 6.45) is 2.93. The van der Waals surface area contributed by atoms with Crippen molar-refractivity contribution in [1.82, 2.24) is 4.57 Å². The Morgan fingerprint density at radius 2 is 1.81 bits per heavy atom. The lowest BCUT2D eigenvalue weighted by Gasteiger charge is -2.28. The first kappa shape index (κ1) is 24.4. The number of ether oxygens (including phenoxy) is 1. The highest BCUT2D eigenvalue weighted by atomic mass is 19.1. The van der Waals surface area contributed by atoms with Crippen molar-refractivity contribution in [2.24, 2.45) is 0 Å². The van der Waals surface area contributed by atoms with Crippen molar-refractivity contribution < 1.29 is 24.1 Å². The highest BCUT2D eigenvalue weighted by Crippen LogP contribution is 2.33. The second-order valence-corrected chi connectivity index (χ2v) is 9.41. The third-order valence-electron chi connectivity index (χ3n) is 6.95. The molecule has 0 saturated carbocycles. The van der Waals surface area contributed by atoms with Gasteiger partial charge in [-0.2, -0.15) is 0 Å². The molecule has 1 aromatic heterocycles. The number of hydrogen-bond donors (Lipinski definition) is 2. The number of aromatic carboxylic acids is 1. The van der Waals surface area contributed by atoms with Gasteiger partial charge in [-0.1, -0.05) is 18.2 Å². The molecule has 0 unspecified atom stereocenters. The number of aromatic hydroxyl groups is 1. The maximum atomic E-state index is 15.5. The molecule has 1 atom stereocenters. The molecule has 2 heterocycles. The predicted octanol–water partition coefficient (Wildman–Crippen LogP) is 5.20. The Bertz CT molecular complexity index is 1540. The Hall–Kier alpha value is -4.33. The van der Waals surface area contributed by atoms with E-state index in [-0.39, 0.29) is 17.2 Å². The van der Waals surface area contributed by atoms with Gasteiger partial charge in [0.1, 0.15) is 29.5 Å². The Labute approximate surface area is 213 Å². The second-order valence-electron chi connectivity index (χ2n) is 9.41. The van der Waals surface area contributed by atoms with Crippen molar-refractivity contribution in [2.45, 2.75) is 32.7 Å². The molecule has 1 fully saturated rings. The lowest BCUT2D eigenvalue weighted by Crippen LogP contribution is -2.35. The number of halogens is 1. The number of para-hydroxylation sites is 1. The molecule has 1 saturated heterocycles. The Kier molecular flexibility index (Phi) is 6.33. The van der Waals surface area contributed by atoms with Crippen LogP contribution in [-0.4, -0.2) is 39.9 Å². The number of carbonyl (C=O) groups is 1. The number of benzene rings is 3. The lowest BCUT2D eigenvalue weighted by molar-refractivity contribution is 0.0695. The van der Waals surface area contributed by atoms with Gasteiger partial charge < -0.3 is 24.4 Å². The van der Waals surface area contributed by atoms with E-state index in [4.69, 9.17) is 4.74 Å². The smallest absolute Gasteiger partial charge is 0.341 e. The fourth-order valence-electron chi connectivity index (χ4n) is 5.07. The maximum absolute atomic E-state index is 15.5. The van der Waals surface area contributed by atoms with Gasteiger partial charge >= 0.3 is 5.97 Å². The zero-order chi connectivity index (χ0) is 26.3. The number of aromatic nitrogens is 1. The topological polar surface area (TPSA) is 92.0 Å². The molecule has 7 nitrogen and oxygen atoms in total. The van der Waals surface area contributed by atoms with Crippen LogP contribution < -0.4 is 15.1 Å². The monoisotopic (exact) mass is 502 g/mol. The molecule has 5 rings (SSSR count). The van der Waals surface area contributed by atoms with Gasteiger partial charge in [0.2, 0.25) is 5.43 Å². The number of fused-ring (bicyclic) bond motifs is 1. The first-order valence-corrected chi connectivity index (χ1v) is 12.1. The molecule has 0 spiro atoms. The summed E-state index contributed by atoms with van der Waals surface area (Å²) in [5.74, 6) is -1.12. The van der Waals surface area contributed by atoms with Crippen molar-refractivity contribution >= 4 is 22.6 Å². The van der Waals surface area contributed by atoms with Gasteiger partial charge in [-0.3, -0.25) is 4.79 Å². The number of phenols is 1. The third-order valence-corrected chi connectivity index (χ3v) is 6.95. The standard InChI is InChI=1S/C29H27FN2O5/c1-17-5-3-6-18(2)28(17)37-16-20-7-4-12-31(20)26-14-25-22(13-24(26)30)27(34)23(29(35)36)15-32(25)19-8-10-21(33)11-9-19/h3,5-6,8-11,13-15,20,33H,4,7,12,16H2,1-2H3,(H,35,36)/t20-/m1/s1. The van der Waals surface area contributed by atoms with Crippen LogP contribution in [0.25, 0.3) is 16.6 Å². The Morgan fingerprint density at radius 3 is 2.49 bits per heavy atom. The maximum Gasteiger partial charge on any atom is 0.341 e. The first-order valence-electron chi connectivity index (χ1n) is 12.1. The van der Waals surface area contributed by atoms with Gasteiger partial charge in [-0.05, 0) is 74.2 Å². The number of carboxylic acid groups (broad SMARTS) is 1. The summed E-state index contributed by atoms with van der Waals surface area (Å²) in [7, 11) is 0. The molecule has 1 aliphatic rings. The fraction of sp³-hybridized carbons (Fsp3) is 0.241. The zero-order valence-electron chi connectivity index (χ0n) is 20.6. The van der Waals surface area contributed by atoms with Crippen LogP contribution in [0.5, 0.6) is 11.5 Å². The van der Waals surface area contributed by atoms with E-state index in [2.05, 4.69) is 0 Å².